The second-order valence-electron chi connectivity index (χ2n) is 3.31. The van der Waals surface area contributed by atoms with Crippen molar-refractivity contribution >= 4 is 27.6 Å². The van der Waals surface area contributed by atoms with Crippen LogP contribution in [-0.4, -0.2) is 19.7 Å². The van der Waals surface area contributed by atoms with Gasteiger partial charge in [0.2, 0.25) is 0 Å². The number of hydrogen-bond donors (Lipinski definition) is 1. The summed E-state index contributed by atoms with van der Waals surface area (Å²) in [7, 11) is 0. The summed E-state index contributed by atoms with van der Waals surface area (Å²) < 4.78 is 1.77. The van der Waals surface area contributed by atoms with Crippen molar-refractivity contribution in [1.82, 2.24) is 14.8 Å². The predicted octanol–water partition coefficient (Wildman–Crippen LogP) is 1.58. The van der Waals surface area contributed by atoms with E-state index in [0.29, 0.717) is 22.5 Å². The number of nitrogens with two attached hydrogens (primary N) is 1. The second kappa shape index (κ2) is 4.50. The molecule has 2 heterocycles. The molecule has 0 saturated carbocycles. The van der Waals surface area contributed by atoms with Gasteiger partial charge in [0.05, 0.1) is 17.0 Å². The molecule has 0 aromatic carbocycles. The summed E-state index contributed by atoms with van der Waals surface area (Å²) in [6.07, 6.45) is 1.53. The molecule has 2 aromatic heterocycles. The maximum Gasteiger partial charge on any atom is 0.404 e. The lowest BCUT2D eigenvalue weighted by Crippen LogP contribution is -2.04. The van der Waals surface area contributed by atoms with E-state index in [1.807, 2.05) is 0 Å². The Morgan fingerprint density at radius 3 is 2.88 bits per heavy atom. The van der Waals surface area contributed by atoms with Gasteiger partial charge in [0.1, 0.15) is 16.8 Å². The standard InChI is InChI=1S/C9H8BrN5O2/c10-7-5-14(13-9(7)15(16)17)4-6-2-1-3-8(11)12-6/h1-3,5H,4H2,(H2,11,12). The molecule has 0 atom stereocenters. The molecule has 2 aromatic rings. The van der Waals surface area contributed by atoms with Crippen LogP contribution in [0.25, 0.3) is 0 Å². The van der Waals surface area contributed by atoms with Gasteiger partial charge in [0, 0.05) is 0 Å². The van der Waals surface area contributed by atoms with Gasteiger partial charge in [-0.25, -0.2) is 4.98 Å². The van der Waals surface area contributed by atoms with Crippen LogP contribution >= 0.6 is 15.9 Å². The van der Waals surface area contributed by atoms with E-state index in [0.717, 1.165) is 0 Å². The van der Waals surface area contributed by atoms with Crippen molar-refractivity contribution in [2.24, 2.45) is 0 Å². The van der Waals surface area contributed by atoms with Gasteiger partial charge in [-0.2, -0.15) is 4.68 Å². The molecule has 0 saturated heterocycles. The van der Waals surface area contributed by atoms with Gasteiger partial charge in [-0.15, -0.1) is 0 Å². The van der Waals surface area contributed by atoms with Gasteiger partial charge >= 0.3 is 5.82 Å². The van der Waals surface area contributed by atoms with E-state index in [1.165, 1.54) is 10.9 Å². The van der Waals surface area contributed by atoms with Gasteiger partial charge in [0.15, 0.2) is 0 Å². The Morgan fingerprint density at radius 2 is 2.29 bits per heavy atom. The molecular weight excluding hydrogens is 290 g/mol. The predicted molar refractivity (Wildman–Crippen MR) is 64.3 cm³/mol. The zero-order chi connectivity index (χ0) is 12.4. The first-order valence-electron chi connectivity index (χ1n) is 4.65. The largest absolute Gasteiger partial charge is 0.404 e. The van der Waals surface area contributed by atoms with Crippen LogP contribution in [-0.2, 0) is 6.54 Å². The van der Waals surface area contributed by atoms with Crippen LogP contribution in [0, 0.1) is 10.1 Å². The molecule has 2 rings (SSSR count). The monoisotopic (exact) mass is 297 g/mol. The molecule has 8 heteroatoms. The zero-order valence-electron chi connectivity index (χ0n) is 8.58. The van der Waals surface area contributed by atoms with E-state index in [1.54, 1.807) is 18.2 Å². The highest BCUT2D eigenvalue weighted by Gasteiger charge is 2.18. The van der Waals surface area contributed by atoms with Gasteiger partial charge in [-0.3, -0.25) is 0 Å². The SMILES string of the molecule is Nc1cccc(Cn2cc(Br)c([N+](=O)[O-])n2)n1. The lowest BCUT2D eigenvalue weighted by Gasteiger charge is -1.98. The number of pyridine rings is 1. The number of nitrogen functional groups attached to an aromatic ring is 1. The summed E-state index contributed by atoms with van der Waals surface area (Å²) in [4.78, 5) is 14.1. The van der Waals surface area contributed by atoms with Gasteiger partial charge in [-0.1, -0.05) is 6.07 Å². The van der Waals surface area contributed by atoms with E-state index in [2.05, 4.69) is 26.0 Å². The average molecular weight is 298 g/mol. The van der Waals surface area contributed by atoms with E-state index >= 15 is 0 Å². The van der Waals surface area contributed by atoms with Gasteiger partial charge in [0.25, 0.3) is 0 Å². The van der Waals surface area contributed by atoms with E-state index in [4.69, 9.17) is 5.73 Å². The number of hydrogen-bond acceptors (Lipinski definition) is 5. The van der Waals surface area contributed by atoms with Crippen LogP contribution in [0.5, 0.6) is 0 Å². The Bertz CT molecular complexity index is 568. The van der Waals surface area contributed by atoms with Crippen LogP contribution in [0.2, 0.25) is 0 Å². The molecule has 0 radical (unpaired) electrons. The first-order chi connectivity index (χ1) is 8.06. The number of aromatic nitrogens is 3. The molecule has 2 N–H and O–H groups in total. The van der Waals surface area contributed by atoms with Crippen molar-refractivity contribution in [2.75, 3.05) is 5.73 Å². The van der Waals surface area contributed by atoms with Crippen molar-refractivity contribution in [3.8, 4) is 0 Å². The number of nitro groups is 1. The molecule has 0 spiro atoms. The number of rotatable bonds is 3. The summed E-state index contributed by atoms with van der Waals surface area (Å²) in [5, 5.41) is 14.4. The quantitative estimate of drug-likeness (QED) is 0.685. The maximum atomic E-state index is 10.6. The van der Waals surface area contributed by atoms with Gasteiger partial charge in [-0.05, 0) is 33.0 Å². The van der Waals surface area contributed by atoms with Gasteiger partial charge < -0.3 is 15.8 Å². The number of anilines is 1. The van der Waals surface area contributed by atoms with E-state index in [-0.39, 0.29) is 5.82 Å². The smallest absolute Gasteiger partial charge is 0.384 e. The molecule has 0 bridgehead atoms. The minimum absolute atomic E-state index is 0.214. The zero-order valence-corrected chi connectivity index (χ0v) is 10.2. The fourth-order valence-electron chi connectivity index (χ4n) is 1.34. The molecular formula is C9H8BrN5O2. The minimum atomic E-state index is -0.548. The molecule has 0 unspecified atom stereocenters. The first kappa shape index (κ1) is 11.5. The Hall–Kier alpha value is -1.96. The molecule has 88 valence electrons. The van der Waals surface area contributed by atoms with Crippen LogP contribution < -0.4 is 5.73 Å². The van der Waals surface area contributed by atoms with Crippen LogP contribution in [0.15, 0.2) is 28.9 Å². The highest BCUT2D eigenvalue weighted by Crippen LogP contribution is 2.22. The Kier molecular flexibility index (Phi) is 3.05. The highest BCUT2D eigenvalue weighted by atomic mass is 79.9. The summed E-state index contributed by atoms with van der Waals surface area (Å²) in [5.74, 6) is 0.192. The van der Waals surface area contributed by atoms with Crippen molar-refractivity contribution in [2.45, 2.75) is 6.54 Å². The normalized spacial score (nSPS) is 10.4. The lowest BCUT2D eigenvalue weighted by atomic mass is 10.3. The van der Waals surface area contributed by atoms with Crippen LogP contribution in [0.3, 0.4) is 0 Å². The number of halogens is 1. The fraction of sp³-hybridized carbons (Fsp3) is 0.111. The van der Waals surface area contributed by atoms with E-state index < -0.39 is 4.92 Å². The molecule has 0 amide bonds. The van der Waals surface area contributed by atoms with Crippen molar-refractivity contribution in [3.05, 3.63) is 44.7 Å². The number of nitrogens with zero attached hydrogens (tertiary/aromatic N) is 4. The fourth-order valence-corrected chi connectivity index (χ4v) is 1.80. The average Bonchev–Trinajstić information content (AvgIpc) is 2.59. The van der Waals surface area contributed by atoms with Crippen LogP contribution in [0.4, 0.5) is 11.6 Å². The van der Waals surface area contributed by atoms with E-state index in [9.17, 15) is 10.1 Å². The third kappa shape index (κ3) is 2.59. The second-order valence-corrected chi connectivity index (χ2v) is 4.16. The molecule has 0 aliphatic rings. The summed E-state index contributed by atoms with van der Waals surface area (Å²) in [6.45, 7) is 0.331. The van der Waals surface area contributed by atoms with Crippen molar-refractivity contribution in [1.29, 1.82) is 0 Å². The van der Waals surface area contributed by atoms with Crippen LogP contribution in [0.1, 0.15) is 5.69 Å². The topological polar surface area (TPSA) is 99.9 Å². The Labute approximate surface area is 105 Å². The Morgan fingerprint density at radius 1 is 1.53 bits per heavy atom. The van der Waals surface area contributed by atoms with Crippen molar-refractivity contribution < 1.29 is 4.92 Å². The summed E-state index contributed by atoms with van der Waals surface area (Å²) in [6, 6.07) is 5.22. The van der Waals surface area contributed by atoms with Crippen molar-refractivity contribution in [3.63, 3.8) is 0 Å². The molecule has 7 nitrogen and oxygen atoms in total. The third-order valence-electron chi connectivity index (χ3n) is 2.02. The lowest BCUT2D eigenvalue weighted by molar-refractivity contribution is -0.390. The maximum absolute atomic E-state index is 10.6. The molecule has 0 aliphatic heterocycles. The highest BCUT2D eigenvalue weighted by molar-refractivity contribution is 9.10. The Balaban J connectivity index is 2.25. The molecule has 0 fully saturated rings. The third-order valence-corrected chi connectivity index (χ3v) is 2.58. The first-order valence-corrected chi connectivity index (χ1v) is 5.44. The summed E-state index contributed by atoms with van der Waals surface area (Å²) >= 11 is 3.08. The molecule has 0 aliphatic carbocycles. The molecule has 17 heavy (non-hydrogen) atoms. The minimum Gasteiger partial charge on any atom is -0.384 e. The summed E-state index contributed by atoms with van der Waals surface area (Å²) in [5.41, 5.74) is 6.23.